The smallest absolute Gasteiger partial charge is 0.248 e. The van der Waals surface area contributed by atoms with Crippen LogP contribution in [0.2, 0.25) is 0 Å². The molecule has 1 amide bonds. The van der Waals surface area contributed by atoms with Crippen molar-refractivity contribution in [1.82, 2.24) is 4.90 Å². The number of ether oxygens (including phenoxy) is 4. The number of unbranched alkanes of at least 4 members (excludes halogenated alkanes) is 1. The molecule has 240 valence electrons. The molecule has 0 aliphatic carbocycles. The second-order valence-electron chi connectivity index (χ2n) is 12.7. The Morgan fingerprint density at radius 1 is 0.795 bits per heavy atom. The Bertz CT molecular complexity index is 1320. The third-order valence-corrected chi connectivity index (χ3v) is 8.88. The van der Waals surface area contributed by atoms with Crippen molar-refractivity contribution < 1.29 is 23.7 Å². The van der Waals surface area contributed by atoms with Gasteiger partial charge in [-0.05, 0) is 71.9 Å². The van der Waals surface area contributed by atoms with Crippen molar-refractivity contribution in [1.29, 1.82) is 0 Å². The van der Waals surface area contributed by atoms with Gasteiger partial charge in [0.05, 0.1) is 27.4 Å². The third kappa shape index (κ3) is 9.75. The molecular formula is C38H53NO5. The topological polar surface area (TPSA) is 57.2 Å². The summed E-state index contributed by atoms with van der Waals surface area (Å²) in [6.07, 6.45) is 3.71. The van der Waals surface area contributed by atoms with E-state index in [1.54, 1.807) is 14.2 Å². The van der Waals surface area contributed by atoms with E-state index in [1.165, 1.54) is 11.1 Å². The molecule has 6 nitrogen and oxygen atoms in total. The predicted molar refractivity (Wildman–Crippen MR) is 179 cm³/mol. The number of benzene rings is 3. The van der Waals surface area contributed by atoms with Gasteiger partial charge in [0.2, 0.25) is 5.91 Å². The molecular weight excluding hydrogens is 550 g/mol. The Hall–Kier alpha value is -3.51. The van der Waals surface area contributed by atoms with E-state index in [0.29, 0.717) is 26.3 Å². The van der Waals surface area contributed by atoms with Crippen LogP contribution in [0.5, 0.6) is 17.2 Å². The Morgan fingerprint density at radius 3 is 2.16 bits per heavy atom. The van der Waals surface area contributed by atoms with Crippen molar-refractivity contribution in [3.05, 3.63) is 89.0 Å². The van der Waals surface area contributed by atoms with Crippen LogP contribution in [0.1, 0.15) is 89.5 Å². The molecule has 0 saturated carbocycles. The lowest BCUT2D eigenvalue weighted by Gasteiger charge is -2.30. The fraction of sp³-hybridized carbons (Fsp3) is 0.500. The number of hydrogen-bond donors (Lipinski definition) is 0. The van der Waals surface area contributed by atoms with Gasteiger partial charge in [0, 0.05) is 24.2 Å². The van der Waals surface area contributed by atoms with Gasteiger partial charge in [-0.25, -0.2) is 0 Å². The van der Waals surface area contributed by atoms with E-state index in [9.17, 15) is 4.79 Å². The molecule has 0 spiro atoms. The molecule has 3 rings (SSSR count). The highest BCUT2D eigenvalue weighted by molar-refractivity contribution is 5.77. The number of hydrogen-bond acceptors (Lipinski definition) is 5. The Morgan fingerprint density at radius 2 is 1.50 bits per heavy atom. The first-order valence-electron chi connectivity index (χ1n) is 15.9. The summed E-state index contributed by atoms with van der Waals surface area (Å²) >= 11 is 0. The van der Waals surface area contributed by atoms with Gasteiger partial charge < -0.3 is 23.8 Å². The zero-order valence-corrected chi connectivity index (χ0v) is 28.2. The normalized spacial score (nSPS) is 11.7. The fourth-order valence-electron chi connectivity index (χ4n) is 5.01. The van der Waals surface area contributed by atoms with Crippen LogP contribution in [-0.4, -0.2) is 44.8 Å². The van der Waals surface area contributed by atoms with Crippen molar-refractivity contribution in [3.63, 3.8) is 0 Å². The molecule has 0 aliphatic heterocycles. The lowest BCUT2D eigenvalue weighted by Crippen LogP contribution is -2.34. The highest BCUT2D eigenvalue weighted by Crippen LogP contribution is 2.38. The van der Waals surface area contributed by atoms with E-state index in [-0.39, 0.29) is 23.3 Å². The first kappa shape index (κ1) is 35.0. The molecule has 0 atom stereocenters. The number of amides is 1. The minimum Gasteiger partial charge on any atom is -0.497 e. The molecule has 44 heavy (non-hydrogen) atoms. The van der Waals surface area contributed by atoms with E-state index >= 15 is 0 Å². The monoisotopic (exact) mass is 603 g/mol. The standard InChI is InChI=1S/C38H53NO5/c1-9-37(3,4)31-18-20-35(33(25-31)38(5,6)10-2)44-23-15-14-22-39(26-30-24-32(41-7)19-21-34(30)42-8)36(40)28-43-27-29-16-12-11-13-17-29/h11-13,16-21,24-25H,9-10,14-15,22-23,26-28H2,1-8H3. The van der Waals surface area contributed by atoms with Crippen molar-refractivity contribution in [2.75, 3.05) is 34.0 Å². The summed E-state index contributed by atoms with van der Waals surface area (Å²) in [5, 5.41) is 0. The Labute approximate surface area is 265 Å². The minimum absolute atomic E-state index is 0.00754. The van der Waals surface area contributed by atoms with Crippen LogP contribution in [0.4, 0.5) is 0 Å². The SMILES string of the molecule is CCC(C)(C)c1ccc(OCCCCN(Cc2cc(OC)ccc2OC)C(=O)COCc2ccccc2)c(C(C)(C)CC)c1. The van der Waals surface area contributed by atoms with Crippen LogP contribution in [0, 0.1) is 0 Å². The fourth-order valence-corrected chi connectivity index (χ4v) is 5.01. The number of carbonyl (C=O) groups is 1. The van der Waals surface area contributed by atoms with Crippen LogP contribution in [0.15, 0.2) is 66.7 Å². The number of nitrogens with zero attached hydrogens (tertiary/aromatic N) is 1. The Balaban J connectivity index is 1.67. The second kappa shape index (κ2) is 16.5. The quantitative estimate of drug-likeness (QED) is 0.137. The number of methoxy groups -OCH3 is 2. The van der Waals surface area contributed by atoms with Gasteiger partial charge in [0.25, 0.3) is 0 Å². The Kier molecular flexibility index (Phi) is 13.1. The van der Waals surface area contributed by atoms with Gasteiger partial charge in [0.15, 0.2) is 0 Å². The van der Waals surface area contributed by atoms with Crippen LogP contribution in [-0.2, 0) is 33.5 Å². The molecule has 0 unspecified atom stereocenters. The van der Waals surface area contributed by atoms with Gasteiger partial charge >= 0.3 is 0 Å². The maximum absolute atomic E-state index is 13.4. The molecule has 0 N–H and O–H groups in total. The average Bonchev–Trinajstić information content (AvgIpc) is 3.04. The van der Waals surface area contributed by atoms with Crippen molar-refractivity contribution in [3.8, 4) is 17.2 Å². The minimum atomic E-state index is -0.0622. The lowest BCUT2D eigenvalue weighted by molar-refractivity contribution is -0.137. The summed E-state index contributed by atoms with van der Waals surface area (Å²) in [6, 6.07) is 22.3. The van der Waals surface area contributed by atoms with Crippen molar-refractivity contribution in [2.45, 2.75) is 91.2 Å². The summed E-state index contributed by atoms with van der Waals surface area (Å²) < 4.78 is 23.3. The largest absolute Gasteiger partial charge is 0.497 e. The lowest BCUT2D eigenvalue weighted by atomic mass is 9.76. The molecule has 0 aromatic heterocycles. The second-order valence-corrected chi connectivity index (χ2v) is 12.7. The first-order chi connectivity index (χ1) is 21.0. The van der Waals surface area contributed by atoms with E-state index < -0.39 is 0 Å². The molecule has 3 aromatic rings. The summed E-state index contributed by atoms with van der Waals surface area (Å²) in [5.41, 5.74) is 4.66. The first-order valence-corrected chi connectivity index (χ1v) is 15.9. The maximum Gasteiger partial charge on any atom is 0.248 e. The summed E-state index contributed by atoms with van der Waals surface area (Å²) in [5.74, 6) is 2.34. The highest BCUT2D eigenvalue weighted by atomic mass is 16.5. The van der Waals surface area contributed by atoms with Gasteiger partial charge in [-0.1, -0.05) is 84.0 Å². The van der Waals surface area contributed by atoms with Gasteiger partial charge in [0.1, 0.15) is 23.9 Å². The average molecular weight is 604 g/mol. The molecule has 6 heteroatoms. The molecule has 0 radical (unpaired) electrons. The van der Waals surface area contributed by atoms with E-state index in [1.807, 2.05) is 53.4 Å². The molecule has 0 fully saturated rings. The molecule has 0 bridgehead atoms. The molecule has 0 aliphatic rings. The van der Waals surface area contributed by atoms with Gasteiger partial charge in [-0.3, -0.25) is 4.79 Å². The van der Waals surface area contributed by atoms with Crippen molar-refractivity contribution >= 4 is 5.91 Å². The third-order valence-electron chi connectivity index (χ3n) is 8.88. The molecule has 0 saturated heterocycles. The molecule has 0 heterocycles. The van der Waals surface area contributed by atoms with Crippen LogP contribution in [0.25, 0.3) is 0 Å². The van der Waals surface area contributed by atoms with Crippen molar-refractivity contribution in [2.24, 2.45) is 0 Å². The number of carbonyl (C=O) groups excluding carboxylic acids is 1. The summed E-state index contributed by atoms with van der Waals surface area (Å²) in [7, 11) is 3.28. The summed E-state index contributed by atoms with van der Waals surface area (Å²) in [4.78, 5) is 15.2. The zero-order chi connectivity index (χ0) is 32.2. The van der Waals surface area contributed by atoms with E-state index in [4.69, 9.17) is 18.9 Å². The number of rotatable bonds is 18. The highest BCUT2D eigenvalue weighted by Gasteiger charge is 2.26. The molecule has 3 aromatic carbocycles. The zero-order valence-electron chi connectivity index (χ0n) is 28.2. The van der Waals surface area contributed by atoms with Gasteiger partial charge in [-0.2, -0.15) is 0 Å². The van der Waals surface area contributed by atoms with Crippen LogP contribution >= 0.6 is 0 Å². The maximum atomic E-state index is 13.4. The summed E-state index contributed by atoms with van der Waals surface area (Å²) in [6.45, 7) is 15.6. The van der Waals surface area contributed by atoms with Crippen LogP contribution < -0.4 is 14.2 Å². The predicted octanol–water partition coefficient (Wildman–Crippen LogP) is 8.48. The van der Waals surface area contributed by atoms with Crippen LogP contribution in [0.3, 0.4) is 0 Å². The van der Waals surface area contributed by atoms with E-state index in [2.05, 4.69) is 59.7 Å². The van der Waals surface area contributed by atoms with E-state index in [0.717, 1.165) is 54.1 Å². The van der Waals surface area contributed by atoms with Gasteiger partial charge in [-0.15, -0.1) is 0 Å².